The molecule has 4 aromatic rings. The Morgan fingerprint density at radius 2 is 1.90 bits per heavy atom. The van der Waals surface area contributed by atoms with E-state index >= 15 is 0 Å². The number of halogens is 1. The van der Waals surface area contributed by atoms with E-state index in [9.17, 15) is 9.59 Å². The molecule has 8 nitrogen and oxygen atoms in total. The molecule has 0 spiro atoms. The normalized spacial score (nSPS) is 10.9. The molecule has 1 N–H and O–H groups in total. The number of nitrogens with one attached hydrogen (secondary N) is 1. The fraction of sp³-hybridized carbons (Fsp3) is 0.310. The van der Waals surface area contributed by atoms with Gasteiger partial charge in [-0.3, -0.25) is 4.79 Å². The van der Waals surface area contributed by atoms with Gasteiger partial charge in [0.05, 0.1) is 19.5 Å². The largest absolute Gasteiger partial charge is 0.493 e. The van der Waals surface area contributed by atoms with Crippen LogP contribution < -0.4 is 10.1 Å². The number of aryl methyl sites for hydroxylation is 3. The smallest absolute Gasteiger partial charge is 0.341 e. The molecule has 4 rings (SSSR count). The molecule has 1 amide bonds. The maximum Gasteiger partial charge on any atom is 0.341 e. The van der Waals surface area contributed by atoms with Crippen molar-refractivity contribution in [2.75, 3.05) is 24.8 Å². The molecule has 2 aromatic carbocycles. The number of carbonyl (C=O) groups excluding carboxylic acids is 2. The number of benzene rings is 2. The van der Waals surface area contributed by atoms with E-state index in [2.05, 4.69) is 15.5 Å². The van der Waals surface area contributed by atoms with Gasteiger partial charge in [0.1, 0.15) is 22.1 Å². The Bertz CT molecular complexity index is 1480. The van der Waals surface area contributed by atoms with Crippen LogP contribution in [0, 0.1) is 13.8 Å². The second kappa shape index (κ2) is 13.8. The number of hydrogen-bond acceptors (Lipinski definition) is 8. The second-order valence-electron chi connectivity index (χ2n) is 9.05. The summed E-state index contributed by atoms with van der Waals surface area (Å²) in [5.41, 5.74) is 4.08. The first-order valence-electron chi connectivity index (χ1n) is 12.8. The average molecular weight is 599 g/mol. The molecule has 0 unspecified atom stereocenters. The van der Waals surface area contributed by atoms with E-state index in [1.807, 2.05) is 73.2 Å². The van der Waals surface area contributed by atoms with Crippen molar-refractivity contribution in [3.05, 3.63) is 75.4 Å². The number of methoxy groups -OCH3 is 1. The summed E-state index contributed by atoms with van der Waals surface area (Å²) in [5.74, 6) is 1.04. The number of hydrogen-bond donors (Lipinski definition) is 1. The second-order valence-corrected chi connectivity index (χ2v) is 11.3. The van der Waals surface area contributed by atoms with E-state index < -0.39 is 5.97 Å². The number of ether oxygens (including phenoxy) is 2. The van der Waals surface area contributed by atoms with Crippen molar-refractivity contribution >= 4 is 51.6 Å². The molecule has 40 heavy (non-hydrogen) atoms. The lowest BCUT2D eigenvalue weighted by molar-refractivity contribution is -0.113. The van der Waals surface area contributed by atoms with Crippen LogP contribution in [0.5, 0.6) is 5.75 Å². The van der Waals surface area contributed by atoms with Gasteiger partial charge in [0.25, 0.3) is 0 Å². The van der Waals surface area contributed by atoms with Gasteiger partial charge in [-0.25, -0.2) is 4.79 Å². The maximum atomic E-state index is 12.9. The first kappa shape index (κ1) is 29.6. The van der Waals surface area contributed by atoms with Crippen molar-refractivity contribution < 1.29 is 19.1 Å². The van der Waals surface area contributed by atoms with Gasteiger partial charge < -0.3 is 19.4 Å². The SMILES string of the molecule is CCn1c(CCCOc2ccc(Cl)cc2C)nnc1SCC(=O)Nc1scc(-c2ccc(C)cc2)c1C(=O)OC. The summed E-state index contributed by atoms with van der Waals surface area (Å²) in [6.45, 7) is 7.21. The minimum absolute atomic E-state index is 0.121. The molecule has 210 valence electrons. The molecular weight excluding hydrogens is 568 g/mol. The number of amides is 1. The lowest BCUT2D eigenvalue weighted by Gasteiger charge is -2.10. The Morgan fingerprint density at radius 3 is 2.60 bits per heavy atom. The van der Waals surface area contributed by atoms with Crippen LogP contribution in [0.4, 0.5) is 5.00 Å². The Labute approximate surface area is 247 Å². The van der Waals surface area contributed by atoms with Crippen molar-refractivity contribution in [1.82, 2.24) is 14.8 Å². The summed E-state index contributed by atoms with van der Waals surface area (Å²) < 4.78 is 12.9. The van der Waals surface area contributed by atoms with Crippen molar-refractivity contribution in [3.63, 3.8) is 0 Å². The minimum atomic E-state index is -0.495. The molecule has 0 atom stereocenters. The zero-order valence-corrected chi connectivity index (χ0v) is 25.2. The number of thioether (sulfide) groups is 1. The van der Waals surface area contributed by atoms with Crippen LogP contribution >= 0.6 is 34.7 Å². The highest BCUT2D eigenvalue weighted by Gasteiger charge is 2.23. The standard InChI is InChI=1S/C29H31ClN4O4S2/c1-5-34-24(7-6-14-38-23-13-12-21(30)15-19(23)3)32-33-29(34)40-17-25(35)31-27-26(28(36)37-4)22(16-39-27)20-10-8-18(2)9-11-20/h8-13,15-16H,5-7,14,17H2,1-4H3,(H,31,35). The highest BCUT2D eigenvalue weighted by molar-refractivity contribution is 7.99. The quantitative estimate of drug-likeness (QED) is 0.108. The van der Waals surface area contributed by atoms with Gasteiger partial charge in [0, 0.05) is 28.9 Å². The van der Waals surface area contributed by atoms with Crippen LogP contribution in [0.15, 0.2) is 53.0 Å². The summed E-state index contributed by atoms with van der Waals surface area (Å²) >= 11 is 8.62. The fourth-order valence-corrected chi connectivity index (χ4v) is 6.13. The number of rotatable bonds is 12. The molecule has 0 saturated heterocycles. The molecule has 0 aliphatic carbocycles. The summed E-state index contributed by atoms with van der Waals surface area (Å²) in [6, 6.07) is 13.4. The lowest BCUT2D eigenvalue weighted by Crippen LogP contribution is -2.16. The third-order valence-corrected chi connectivity index (χ3v) is 8.27. The summed E-state index contributed by atoms with van der Waals surface area (Å²) in [6.07, 6.45) is 1.46. The van der Waals surface area contributed by atoms with Gasteiger partial charge >= 0.3 is 5.97 Å². The van der Waals surface area contributed by atoms with Crippen molar-refractivity contribution in [2.24, 2.45) is 0 Å². The first-order chi connectivity index (χ1) is 19.3. The molecule has 2 heterocycles. The van der Waals surface area contributed by atoms with Gasteiger partial charge in [-0.15, -0.1) is 21.5 Å². The molecule has 0 aliphatic rings. The Hall–Kier alpha value is -3.34. The van der Waals surface area contributed by atoms with Crippen LogP contribution in [-0.4, -0.2) is 46.1 Å². The van der Waals surface area contributed by atoms with Gasteiger partial charge in [-0.2, -0.15) is 0 Å². The van der Waals surface area contributed by atoms with Gasteiger partial charge in [0.2, 0.25) is 5.91 Å². The van der Waals surface area contributed by atoms with Crippen LogP contribution in [0.1, 0.15) is 40.7 Å². The maximum absolute atomic E-state index is 12.9. The third-order valence-electron chi connectivity index (χ3n) is 6.18. The first-order valence-corrected chi connectivity index (χ1v) is 15.1. The van der Waals surface area contributed by atoms with Crippen LogP contribution in [0.25, 0.3) is 11.1 Å². The number of carbonyl (C=O) groups is 2. The fourth-order valence-electron chi connectivity index (χ4n) is 4.11. The zero-order chi connectivity index (χ0) is 28.6. The van der Waals surface area contributed by atoms with Crippen molar-refractivity contribution in [2.45, 2.75) is 45.3 Å². The van der Waals surface area contributed by atoms with Gasteiger partial charge in [-0.05, 0) is 56.5 Å². The third kappa shape index (κ3) is 7.24. The molecule has 2 aromatic heterocycles. The minimum Gasteiger partial charge on any atom is -0.493 e. The van der Waals surface area contributed by atoms with Gasteiger partial charge in [-0.1, -0.05) is 53.2 Å². The van der Waals surface area contributed by atoms with E-state index in [0.29, 0.717) is 40.3 Å². The monoisotopic (exact) mass is 598 g/mol. The summed E-state index contributed by atoms with van der Waals surface area (Å²) in [7, 11) is 1.33. The predicted octanol–water partition coefficient (Wildman–Crippen LogP) is 6.83. The van der Waals surface area contributed by atoms with Crippen LogP contribution in [0.2, 0.25) is 5.02 Å². The molecule has 0 bridgehead atoms. The van der Waals surface area contributed by atoms with Crippen LogP contribution in [0.3, 0.4) is 0 Å². The Kier molecular flexibility index (Phi) is 10.2. The molecule has 0 aliphatic heterocycles. The summed E-state index contributed by atoms with van der Waals surface area (Å²) in [5, 5.41) is 15.2. The number of aromatic nitrogens is 3. The number of esters is 1. The molecule has 0 radical (unpaired) electrons. The molecule has 0 saturated carbocycles. The average Bonchev–Trinajstić information content (AvgIpc) is 3.54. The van der Waals surface area contributed by atoms with Gasteiger partial charge in [0.15, 0.2) is 5.16 Å². The molecule has 0 fully saturated rings. The molecular formula is C29H31ClN4O4S2. The van der Waals surface area contributed by atoms with Crippen molar-refractivity contribution in [3.8, 4) is 16.9 Å². The Morgan fingerprint density at radius 1 is 1.12 bits per heavy atom. The van der Waals surface area contributed by atoms with E-state index in [0.717, 1.165) is 40.2 Å². The number of anilines is 1. The highest BCUT2D eigenvalue weighted by Crippen LogP contribution is 2.36. The van der Waals surface area contributed by atoms with Crippen LogP contribution in [-0.2, 0) is 22.5 Å². The van der Waals surface area contributed by atoms with E-state index in [4.69, 9.17) is 21.1 Å². The Balaban J connectivity index is 1.35. The van der Waals surface area contributed by atoms with E-state index in [-0.39, 0.29) is 11.7 Å². The highest BCUT2D eigenvalue weighted by atomic mass is 35.5. The zero-order valence-electron chi connectivity index (χ0n) is 22.8. The molecule has 11 heteroatoms. The van der Waals surface area contributed by atoms with E-state index in [1.165, 1.54) is 30.2 Å². The predicted molar refractivity (Wildman–Crippen MR) is 161 cm³/mol. The number of nitrogens with zero attached hydrogens (tertiary/aromatic N) is 3. The lowest BCUT2D eigenvalue weighted by atomic mass is 10.0. The number of thiophene rings is 1. The van der Waals surface area contributed by atoms with Crippen molar-refractivity contribution in [1.29, 1.82) is 0 Å². The topological polar surface area (TPSA) is 95.3 Å². The van der Waals surface area contributed by atoms with E-state index in [1.54, 1.807) is 0 Å². The summed E-state index contributed by atoms with van der Waals surface area (Å²) in [4.78, 5) is 25.5.